The number of nitrogens with zero attached hydrogens (tertiary/aromatic N) is 2. The molecule has 3 rings (SSSR count). The van der Waals surface area contributed by atoms with Gasteiger partial charge in [-0.2, -0.15) is 0 Å². The molecule has 2 heterocycles. The lowest BCUT2D eigenvalue weighted by atomic mass is 10.0. The lowest BCUT2D eigenvalue weighted by Gasteiger charge is -2.38. The van der Waals surface area contributed by atoms with Crippen LogP contribution in [0.3, 0.4) is 0 Å². The largest absolute Gasteiger partial charge is 0.468 e. The molecule has 0 aliphatic carbocycles. The smallest absolute Gasteiger partial charge is 0.339 e. The summed E-state index contributed by atoms with van der Waals surface area (Å²) < 4.78 is 9.83. The average molecular weight is 448 g/mol. The zero-order valence-electron chi connectivity index (χ0n) is 18.0. The highest BCUT2D eigenvalue weighted by Crippen LogP contribution is 2.30. The number of aryl methyl sites for hydroxylation is 1. The van der Waals surface area contributed by atoms with Gasteiger partial charge in [-0.25, -0.2) is 9.59 Å². The Labute approximate surface area is 186 Å². The maximum atomic E-state index is 13.1. The van der Waals surface area contributed by atoms with Crippen LogP contribution in [0.2, 0.25) is 5.02 Å². The Morgan fingerprint density at radius 1 is 1.03 bits per heavy atom. The molecule has 9 heteroatoms. The van der Waals surface area contributed by atoms with Gasteiger partial charge in [0.1, 0.15) is 11.7 Å². The fraction of sp³-hybridized carbons (Fsp3) is 0.409. The molecule has 1 saturated heterocycles. The zero-order valence-corrected chi connectivity index (χ0v) is 18.8. The SMILES string of the molecule is COC(=O)c1c(C)[nH]c(C(=O)N2CCN([C@H](C(=O)OC)c3ccccc3Cl)CC2)c1C. The lowest BCUT2D eigenvalue weighted by molar-refractivity contribution is -0.148. The molecule has 1 aliphatic rings. The number of ether oxygens (including phenoxy) is 2. The monoisotopic (exact) mass is 447 g/mol. The number of halogens is 1. The highest BCUT2D eigenvalue weighted by molar-refractivity contribution is 6.31. The minimum absolute atomic E-state index is 0.192. The fourth-order valence-corrected chi connectivity index (χ4v) is 4.23. The van der Waals surface area contributed by atoms with Gasteiger partial charge >= 0.3 is 11.9 Å². The van der Waals surface area contributed by atoms with E-state index in [0.717, 1.165) is 0 Å². The first-order valence-corrected chi connectivity index (χ1v) is 10.3. The predicted molar refractivity (Wildman–Crippen MR) is 115 cm³/mol. The number of aromatic nitrogens is 1. The van der Waals surface area contributed by atoms with Crippen LogP contribution in [0.4, 0.5) is 0 Å². The highest BCUT2D eigenvalue weighted by Gasteiger charge is 2.34. The zero-order chi connectivity index (χ0) is 22.7. The van der Waals surface area contributed by atoms with E-state index in [9.17, 15) is 14.4 Å². The van der Waals surface area contributed by atoms with Crippen molar-refractivity contribution >= 4 is 29.4 Å². The van der Waals surface area contributed by atoms with Crippen LogP contribution >= 0.6 is 11.6 Å². The van der Waals surface area contributed by atoms with E-state index in [0.29, 0.717) is 59.3 Å². The Morgan fingerprint density at radius 3 is 2.26 bits per heavy atom. The Balaban J connectivity index is 1.77. The third kappa shape index (κ3) is 4.45. The molecule has 1 aliphatic heterocycles. The first-order chi connectivity index (χ1) is 14.8. The Kier molecular flexibility index (Phi) is 7.02. The van der Waals surface area contributed by atoms with Crippen LogP contribution in [0.1, 0.15) is 43.7 Å². The molecule has 1 N–H and O–H groups in total. The molecule has 1 fully saturated rings. The fourth-order valence-electron chi connectivity index (χ4n) is 3.99. The molecule has 0 saturated carbocycles. The minimum atomic E-state index is -0.642. The molecule has 0 radical (unpaired) electrons. The van der Waals surface area contributed by atoms with Gasteiger partial charge in [0.05, 0.1) is 19.8 Å². The molecule has 1 aromatic heterocycles. The minimum Gasteiger partial charge on any atom is -0.468 e. The van der Waals surface area contributed by atoms with E-state index >= 15 is 0 Å². The molecule has 2 aromatic rings. The number of hydrogen-bond acceptors (Lipinski definition) is 6. The van der Waals surface area contributed by atoms with Gasteiger partial charge in [-0.3, -0.25) is 9.69 Å². The number of rotatable bonds is 5. The number of nitrogens with one attached hydrogen (secondary N) is 1. The van der Waals surface area contributed by atoms with Crippen LogP contribution in [0.5, 0.6) is 0 Å². The molecule has 31 heavy (non-hydrogen) atoms. The summed E-state index contributed by atoms with van der Waals surface area (Å²) in [4.78, 5) is 44.3. The second-order valence-corrected chi connectivity index (χ2v) is 7.80. The summed E-state index contributed by atoms with van der Waals surface area (Å²) in [5.74, 6) is -1.06. The first kappa shape index (κ1) is 22.8. The van der Waals surface area contributed by atoms with Crippen LogP contribution in [0.15, 0.2) is 24.3 Å². The van der Waals surface area contributed by atoms with E-state index < -0.39 is 18.0 Å². The van der Waals surface area contributed by atoms with E-state index in [1.807, 2.05) is 11.0 Å². The summed E-state index contributed by atoms with van der Waals surface area (Å²) in [6.07, 6.45) is 0. The number of amides is 1. The number of carbonyl (C=O) groups is 3. The molecule has 166 valence electrons. The second-order valence-electron chi connectivity index (χ2n) is 7.39. The summed E-state index contributed by atoms with van der Waals surface area (Å²) in [6.45, 7) is 5.24. The van der Waals surface area contributed by atoms with E-state index in [4.69, 9.17) is 21.1 Å². The van der Waals surface area contributed by atoms with Crippen molar-refractivity contribution in [2.45, 2.75) is 19.9 Å². The molecule has 1 aromatic carbocycles. The topological polar surface area (TPSA) is 91.9 Å². The van der Waals surface area contributed by atoms with E-state index in [1.54, 1.807) is 36.9 Å². The number of methoxy groups -OCH3 is 2. The molecule has 1 amide bonds. The van der Waals surface area contributed by atoms with Crippen molar-refractivity contribution in [1.29, 1.82) is 0 Å². The Morgan fingerprint density at radius 2 is 1.68 bits per heavy atom. The maximum Gasteiger partial charge on any atom is 0.339 e. The summed E-state index contributed by atoms with van der Waals surface area (Å²) in [6, 6.07) is 6.53. The number of carbonyl (C=O) groups excluding carboxylic acids is 3. The molecule has 1 atom stereocenters. The van der Waals surface area contributed by atoms with Gasteiger partial charge in [0.15, 0.2) is 0 Å². The van der Waals surface area contributed by atoms with Crippen molar-refractivity contribution in [3.8, 4) is 0 Å². The third-order valence-corrected chi connectivity index (χ3v) is 5.98. The van der Waals surface area contributed by atoms with Crippen molar-refractivity contribution in [2.24, 2.45) is 0 Å². The summed E-state index contributed by atoms with van der Waals surface area (Å²) in [5.41, 5.74) is 2.60. The van der Waals surface area contributed by atoms with Crippen molar-refractivity contribution in [2.75, 3.05) is 40.4 Å². The van der Waals surface area contributed by atoms with Crippen LogP contribution in [0, 0.1) is 13.8 Å². The maximum absolute atomic E-state index is 13.1. The first-order valence-electron chi connectivity index (χ1n) is 9.93. The molecule has 0 unspecified atom stereocenters. The molecular weight excluding hydrogens is 422 g/mol. The van der Waals surface area contributed by atoms with Gasteiger partial charge in [0.25, 0.3) is 5.91 Å². The van der Waals surface area contributed by atoms with Crippen molar-refractivity contribution in [1.82, 2.24) is 14.8 Å². The van der Waals surface area contributed by atoms with Gasteiger partial charge in [0.2, 0.25) is 0 Å². The van der Waals surface area contributed by atoms with Crippen molar-refractivity contribution in [3.63, 3.8) is 0 Å². The van der Waals surface area contributed by atoms with E-state index in [2.05, 4.69) is 4.98 Å². The Bertz CT molecular complexity index is 995. The van der Waals surface area contributed by atoms with Crippen molar-refractivity contribution in [3.05, 3.63) is 57.4 Å². The Hall–Kier alpha value is -2.84. The molecule has 8 nitrogen and oxygen atoms in total. The van der Waals surface area contributed by atoms with Crippen LogP contribution in [0.25, 0.3) is 0 Å². The summed E-state index contributed by atoms with van der Waals surface area (Å²) >= 11 is 6.33. The third-order valence-electron chi connectivity index (χ3n) is 5.63. The number of piperazine rings is 1. The van der Waals surface area contributed by atoms with Gasteiger partial charge in [-0.05, 0) is 31.0 Å². The number of benzene rings is 1. The quantitative estimate of drug-likeness (QED) is 0.708. The predicted octanol–water partition coefficient (Wildman–Crippen LogP) is 2.74. The summed E-state index contributed by atoms with van der Waals surface area (Å²) in [5, 5.41) is 0.490. The average Bonchev–Trinajstić information content (AvgIpc) is 3.08. The standard InChI is InChI=1S/C22H26ClN3O5/c1-13-17(21(28)30-3)14(2)24-18(13)20(27)26-11-9-25(10-12-26)19(22(29)31-4)15-7-5-6-8-16(15)23/h5-8,19,24H,9-12H2,1-4H3/t19-/m0/s1. The number of aromatic amines is 1. The number of H-pyrrole nitrogens is 1. The van der Waals surface area contributed by atoms with Crippen LogP contribution in [-0.2, 0) is 14.3 Å². The van der Waals surface area contributed by atoms with Gasteiger partial charge in [-0.15, -0.1) is 0 Å². The molecule has 0 spiro atoms. The molecule has 0 bridgehead atoms. The summed E-state index contributed by atoms with van der Waals surface area (Å²) in [7, 11) is 2.66. The van der Waals surface area contributed by atoms with E-state index in [1.165, 1.54) is 14.2 Å². The molecular formula is C22H26ClN3O5. The number of hydrogen-bond donors (Lipinski definition) is 1. The van der Waals surface area contributed by atoms with Gasteiger partial charge in [-0.1, -0.05) is 29.8 Å². The number of esters is 2. The van der Waals surface area contributed by atoms with Gasteiger partial charge in [0, 0.05) is 36.9 Å². The van der Waals surface area contributed by atoms with E-state index in [-0.39, 0.29) is 5.91 Å². The van der Waals surface area contributed by atoms with Crippen LogP contribution < -0.4 is 0 Å². The normalized spacial score (nSPS) is 15.5. The van der Waals surface area contributed by atoms with Crippen molar-refractivity contribution < 1.29 is 23.9 Å². The second kappa shape index (κ2) is 9.53. The van der Waals surface area contributed by atoms with Gasteiger partial charge < -0.3 is 19.4 Å². The highest BCUT2D eigenvalue weighted by atomic mass is 35.5. The van der Waals surface area contributed by atoms with Crippen LogP contribution in [-0.4, -0.2) is 73.0 Å². The lowest BCUT2D eigenvalue weighted by Crippen LogP contribution is -2.51.